The van der Waals surface area contributed by atoms with Gasteiger partial charge in [0.25, 0.3) is 0 Å². The van der Waals surface area contributed by atoms with Crippen LogP contribution in [0.25, 0.3) is 0 Å². The van der Waals surface area contributed by atoms with E-state index in [9.17, 15) is 9.90 Å². The van der Waals surface area contributed by atoms with Gasteiger partial charge in [-0.2, -0.15) is 0 Å². The molecular formula is C14H24N2O2. The van der Waals surface area contributed by atoms with Crippen molar-refractivity contribution in [1.82, 2.24) is 9.80 Å². The summed E-state index contributed by atoms with van der Waals surface area (Å²) in [6.45, 7) is 9.11. The van der Waals surface area contributed by atoms with E-state index in [0.717, 1.165) is 26.2 Å². The van der Waals surface area contributed by atoms with Gasteiger partial charge in [0.05, 0.1) is 0 Å². The van der Waals surface area contributed by atoms with E-state index in [1.54, 1.807) is 0 Å². The molecule has 0 aromatic carbocycles. The number of carboxylic acid groups (broad SMARTS) is 1. The summed E-state index contributed by atoms with van der Waals surface area (Å²) in [6.07, 6.45) is 2.74. The van der Waals surface area contributed by atoms with Gasteiger partial charge in [-0.25, -0.2) is 0 Å². The van der Waals surface area contributed by atoms with Crippen LogP contribution in [-0.4, -0.2) is 60.1 Å². The van der Waals surface area contributed by atoms with Gasteiger partial charge in [-0.15, -0.1) is 0 Å². The Bertz CT molecular complexity index is 329. The Kier molecular flexibility index (Phi) is 3.10. The van der Waals surface area contributed by atoms with E-state index >= 15 is 0 Å². The standard InChI is InChI=1S/C14H24N2O2/c1-2-3-14-9-15-4-5-16(10-14)8-11(7-15)12(14)6-13(17)18/h11-12H,2-10H2,1H3,(H,17,18). The van der Waals surface area contributed by atoms with Crippen LogP contribution >= 0.6 is 0 Å². The van der Waals surface area contributed by atoms with Crippen LogP contribution in [0.1, 0.15) is 26.2 Å². The molecule has 0 aliphatic carbocycles. The fraction of sp³-hybridized carbons (Fsp3) is 0.929. The van der Waals surface area contributed by atoms with Crippen molar-refractivity contribution in [2.24, 2.45) is 17.3 Å². The van der Waals surface area contributed by atoms with Crippen LogP contribution in [0.4, 0.5) is 0 Å². The molecule has 4 rings (SSSR count). The summed E-state index contributed by atoms with van der Waals surface area (Å²) in [7, 11) is 0. The minimum Gasteiger partial charge on any atom is -0.481 e. The van der Waals surface area contributed by atoms with Gasteiger partial charge in [0, 0.05) is 45.7 Å². The molecule has 0 amide bonds. The minimum absolute atomic E-state index is 0.255. The largest absolute Gasteiger partial charge is 0.481 e. The predicted octanol–water partition coefficient (Wildman–Crippen LogP) is 1.12. The Hall–Kier alpha value is -0.610. The van der Waals surface area contributed by atoms with Crippen molar-refractivity contribution in [1.29, 1.82) is 0 Å². The van der Waals surface area contributed by atoms with E-state index in [0.29, 0.717) is 18.3 Å². The molecule has 4 heterocycles. The molecule has 4 bridgehead atoms. The lowest BCUT2D eigenvalue weighted by molar-refractivity contribution is -0.144. The van der Waals surface area contributed by atoms with Crippen LogP contribution in [0.15, 0.2) is 0 Å². The zero-order chi connectivity index (χ0) is 12.8. The molecule has 4 aliphatic rings. The van der Waals surface area contributed by atoms with Gasteiger partial charge in [0.15, 0.2) is 0 Å². The molecule has 0 spiro atoms. The second-order valence-corrected chi connectivity index (χ2v) is 6.55. The summed E-state index contributed by atoms with van der Waals surface area (Å²) in [5, 5.41) is 9.22. The molecule has 3 atom stereocenters. The second kappa shape index (κ2) is 4.49. The van der Waals surface area contributed by atoms with Crippen LogP contribution < -0.4 is 0 Å². The molecule has 0 aromatic heterocycles. The zero-order valence-corrected chi connectivity index (χ0v) is 11.3. The number of rotatable bonds is 4. The van der Waals surface area contributed by atoms with Crippen LogP contribution in [0, 0.1) is 17.3 Å². The smallest absolute Gasteiger partial charge is 0.303 e. The summed E-state index contributed by atoms with van der Waals surface area (Å²) in [4.78, 5) is 16.4. The maximum atomic E-state index is 11.2. The highest BCUT2D eigenvalue weighted by atomic mass is 16.4. The zero-order valence-electron chi connectivity index (χ0n) is 11.3. The van der Waals surface area contributed by atoms with E-state index in [2.05, 4.69) is 16.7 Å². The van der Waals surface area contributed by atoms with Gasteiger partial charge in [-0.05, 0) is 23.7 Å². The van der Waals surface area contributed by atoms with E-state index in [1.807, 2.05) is 0 Å². The molecule has 0 saturated carbocycles. The molecule has 4 heteroatoms. The van der Waals surface area contributed by atoms with E-state index in [1.165, 1.54) is 25.9 Å². The number of hydrogen-bond acceptors (Lipinski definition) is 3. The Morgan fingerprint density at radius 2 is 1.89 bits per heavy atom. The average molecular weight is 252 g/mol. The molecule has 4 fully saturated rings. The number of nitrogens with zero attached hydrogens (tertiary/aromatic N) is 2. The monoisotopic (exact) mass is 252 g/mol. The van der Waals surface area contributed by atoms with E-state index in [-0.39, 0.29) is 5.41 Å². The minimum atomic E-state index is -0.605. The van der Waals surface area contributed by atoms with Gasteiger partial charge in [-0.3, -0.25) is 4.79 Å². The molecule has 4 aliphatic heterocycles. The lowest BCUT2D eigenvalue weighted by Crippen LogP contribution is -2.60. The first kappa shape index (κ1) is 12.4. The lowest BCUT2D eigenvalue weighted by atomic mass is 9.60. The number of hydrogen-bond donors (Lipinski definition) is 1. The van der Waals surface area contributed by atoms with Crippen molar-refractivity contribution in [3.05, 3.63) is 0 Å². The van der Waals surface area contributed by atoms with Crippen molar-refractivity contribution in [2.75, 3.05) is 39.3 Å². The highest BCUT2D eigenvalue weighted by Crippen LogP contribution is 2.49. The predicted molar refractivity (Wildman–Crippen MR) is 69.5 cm³/mol. The normalized spacial score (nSPS) is 46.1. The molecule has 0 aromatic rings. The number of aliphatic carboxylic acids is 1. The first-order valence-corrected chi connectivity index (χ1v) is 7.29. The first-order chi connectivity index (χ1) is 8.63. The molecule has 18 heavy (non-hydrogen) atoms. The third-order valence-electron chi connectivity index (χ3n) is 5.29. The van der Waals surface area contributed by atoms with Gasteiger partial charge in [-0.1, -0.05) is 13.3 Å². The Labute approximate surface area is 109 Å². The van der Waals surface area contributed by atoms with Crippen LogP contribution in [0.3, 0.4) is 0 Å². The topological polar surface area (TPSA) is 43.8 Å². The molecule has 3 unspecified atom stereocenters. The fourth-order valence-electron chi connectivity index (χ4n) is 4.82. The van der Waals surface area contributed by atoms with Gasteiger partial charge in [0.2, 0.25) is 0 Å². The first-order valence-electron chi connectivity index (χ1n) is 7.29. The summed E-state index contributed by atoms with van der Waals surface area (Å²) in [5.74, 6) is 0.379. The molecular weight excluding hydrogens is 228 g/mol. The van der Waals surface area contributed by atoms with E-state index < -0.39 is 5.97 Å². The molecule has 0 radical (unpaired) electrons. The molecule has 4 saturated heterocycles. The quantitative estimate of drug-likeness (QED) is 0.814. The molecule has 102 valence electrons. The van der Waals surface area contributed by atoms with Crippen LogP contribution in [0.5, 0.6) is 0 Å². The van der Waals surface area contributed by atoms with E-state index in [4.69, 9.17) is 0 Å². The number of piperidine rings is 2. The summed E-state index contributed by atoms with van der Waals surface area (Å²) < 4.78 is 0. The van der Waals surface area contributed by atoms with Crippen molar-refractivity contribution >= 4 is 5.97 Å². The SMILES string of the molecule is CCCC12CN3CCN(CC(C3)C1CC(=O)O)C2. The van der Waals surface area contributed by atoms with Crippen molar-refractivity contribution in [3.8, 4) is 0 Å². The third-order valence-corrected chi connectivity index (χ3v) is 5.29. The Morgan fingerprint density at radius 1 is 1.28 bits per heavy atom. The number of carbonyl (C=O) groups is 1. The number of fused-ring (bicyclic) bond motifs is 1. The molecule has 4 nitrogen and oxygen atoms in total. The summed E-state index contributed by atoms with van der Waals surface area (Å²) in [6, 6.07) is 0. The lowest BCUT2D eigenvalue weighted by Gasteiger charge is -2.55. The van der Waals surface area contributed by atoms with Gasteiger partial charge >= 0.3 is 5.97 Å². The summed E-state index contributed by atoms with van der Waals surface area (Å²) >= 11 is 0. The van der Waals surface area contributed by atoms with Crippen molar-refractivity contribution < 1.29 is 9.90 Å². The van der Waals surface area contributed by atoms with Gasteiger partial charge in [0.1, 0.15) is 0 Å². The van der Waals surface area contributed by atoms with Crippen molar-refractivity contribution in [3.63, 3.8) is 0 Å². The Balaban J connectivity index is 1.91. The maximum Gasteiger partial charge on any atom is 0.303 e. The second-order valence-electron chi connectivity index (χ2n) is 6.55. The third kappa shape index (κ3) is 1.95. The van der Waals surface area contributed by atoms with Crippen LogP contribution in [-0.2, 0) is 4.79 Å². The van der Waals surface area contributed by atoms with Crippen LogP contribution in [0.2, 0.25) is 0 Å². The fourth-order valence-corrected chi connectivity index (χ4v) is 4.82. The summed E-state index contributed by atoms with van der Waals surface area (Å²) in [5.41, 5.74) is 0.255. The highest BCUT2D eigenvalue weighted by Gasteiger charge is 2.53. The Morgan fingerprint density at radius 3 is 2.39 bits per heavy atom. The highest BCUT2D eigenvalue weighted by molar-refractivity contribution is 5.67. The number of carboxylic acids is 1. The van der Waals surface area contributed by atoms with Gasteiger partial charge < -0.3 is 14.9 Å². The maximum absolute atomic E-state index is 11.2. The van der Waals surface area contributed by atoms with Crippen molar-refractivity contribution in [2.45, 2.75) is 26.2 Å². The molecule has 1 N–H and O–H groups in total. The average Bonchev–Trinajstić information content (AvgIpc) is 2.52.